The van der Waals surface area contributed by atoms with Gasteiger partial charge in [0.15, 0.2) is 6.61 Å². The monoisotopic (exact) mass is 284 g/mol. The summed E-state index contributed by atoms with van der Waals surface area (Å²) in [6, 6.07) is 10.7. The number of carbonyl (C=O) groups is 1. The van der Waals surface area contributed by atoms with Gasteiger partial charge in [-0.3, -0.25) is 9.48 Å². The number of amides is 1. The van der Waals surface area contributed by atoms with Crippen LogP contribution in [-0.2, 0) is 11.3 Å². The van der Waals surface area contributed by atoms with E-state index in [-0.39, 0.29) is 12.5 Å². The Morgan fingerprint density at radius 1 is 1.38 bits per heavy atom. The molecule has 6 nitrogen and oxygen atoms in total. The molecule has 0 aliphatic rings. The predicted molar refractivity (Wildman–Crippen MR) is 77.6 cm³/mol. The van der Waals surface area contributed by atoms with Crippen LogP contribution < -0.4 is 10.1 Å². The number of aromatic nitrogens is 2. The number of nitrogens with zero attached hydrogens (tertiary/aromatic N) is 3. The summed E-state index contributed by atoms with van der Waals surface area (Å²) in [6.45, 7) is 0.737. The second-order valence-electron chi connectivity index (χ2n) is 4.39. The van der Waals surface area contributed by atoms with Gasteiger partial charge in [-0.15, -0.1) is 0 Å². The molecule has 1 heterocycles. The molecule has 0 spiro atoms. The van der Waals surface area contributed by atoms with Gasteiger partial charge in [-0.05, 0) is 36.8 Å². The van der Waals surface area contributed by atoms with Crippen LogP contribution in [0.15, 0.2) is 42.7 Å². The number of anilines is 1. The van der Waals surface area contributed by atoms with E-state index in [2.05, 4.69) is 10.4 Å². The van der Waals surface area contributed by atoms with Gasteiger partial charge in [-0.25, -0.2) is 0 Å². The predicted octanol–water partition coefficient (Wildman–Crippen LogP) is 2.20. The maximum atomic E-state index is 11.8. The fraction of sp³-hybridized carbons (Fsp3) is 0.267. The number of aryl methyl sites for hydroxylation is 1. The van der Waals surface area contributed by atoms with Crippen LogP contribution >= 0.6 is 0 Å². The molecule has 0 radical (unpaired) electrons. The fourth-order valence-electron chi connectivity index (χ4n) is 1.81. The third-order valence-electron chi connectivity index (χ3n) is 2.79. The van der Waals surface area contributed by atoms with Gasteiger partial charge >= 0.3 is 0 Å². The average molecular weight is 284 g/mol. The van der Waals surface area contributed by atoms with Crippen LogP contribution in [0.5, 0.6) is 5.75 Å². The average Bonchev–Trinajstić information content (AvgIpc) is 3.00. The molecule has 0 bridgehead atoms. The number of hydrogen-bond acceptors (Lipinski definition) is 4. The normalized spacial score (nSPS) is 9.86. The number of nitriles is 1. The van der Waals surface area contributed by atoms with Gasteiger partial charge in [0.2, 0.25) is 5.91 Å². The zero-order valence-corrected chi connectivity index (χ0v) is 11.5. The molecule has 0 aliphatic heterocycles. The van der Waals surface area contributed by atoms with Crippen LogP contribution in [0, 0.1) is 11.3 Å². The third kappa shape index (κ3) is 4.99. The van der Waals surface area contributed by atoms with Crippen molar-refractivity contribution in [3.63, 3.8) is 0 Å². The first-order valence-electron chi connectivity index (χ1n) is 6.65. The standard InChI is InChI=1S/C15H16N4O2/c16-8-12-21-14-6-4-13(5-7-14)18-15(20)3-1-10-19-11-2-9-17-19/h2,4-7,9,11H,1,3,10,12H2,(H,18,20). The van der Waals surface area contributed by atoms with Gasteiger partial charge in [0.25, 0.3) is 0 Å². The maximum absolute atomic E-state index is 11.8. The van der Waals surface area contributed by atoms with Crippen molar-refractivity contribution in [1.82, 2.24) is 9.78 Å². The maximum Gasteiger partial charge on any atom is 0.224 e. The van der Waals surface area contributed by atoms with Gasteiger partial charge < -0.3 is 10.1 Å². The number of ether oxygens (including phenoxy) is 1. The van der Waals surface area contributed by atoms with Crippen LogP contribution in [0.1, 0.15) is 12.8 Å². The largest absolute Gasteiger partial charge is 0.479 e. The number of benzene rings is 1. The molecule has 2 aromatic rings. The van der Waals surface area contributed by atoms with Crippen molar-refractivity contribution in [1.29, 1.82) is 5.26 Å². The Bertz CT molecular complexity index is 600. The Hall–Kier alpha value is -2.81. The van der Waals surface area contributed by atoms with Crippen LogP contribution in [0.2, 0.25) is 0 Å². The summed E-state index contributed by atoms with van der Waals surface area (Å²) in [5.41, 5.74) is 0.711. The number of carbonyl (C=O) groups excluding carboxylic acids is 1. The molecule has 0 saturated heterocycles. The molecule has 0 aliphatic carbocycles. The van der Waals surface area contributed by atoms with Crippen LogP contribution in [0.3, 0.4) is 0 Å². The third-order valence-corrected chi connectivity index (χ3v) is 2.79. The highest BCUT2D eigenvalue weighted by Crippen LogP contribution is 2.15. The van der Waals surface area contributed by atoms with Gasteiger partial charge in [-0.1, -0.05) is 0 Å². The van der Waals surface area contributed by atoms with Crippen molar-refractivity contribution in [3.8, 4) is 11.8 Å². The summed E-state index contributed by atoms with van der Waals surface area (Å²) in [5.74, 6) is 0.570. The van der Waals surface area contributed by atoms with Crippen molar-refractivity contribution in [2.75, 3.05) is 11.9 Å². The molecular weight excluding hydrogens is 268 g/mol. The molecule has 1 amide bonds. The van der Waals surface area contributed by atoms with E-state index in [9.17, 15) is 4.79 Å². The van der Waals surface area contributed by atoms with E-state index < -0.39 is 0 Å². The summed E-state index contributed by atoms with van der Waals surface area (Å²) in [7, 11) is 0. The summed E-state index contributed by atoms with van der Waals surface area (Å²) in [5, 5.41) is 15.3. The molecule has 1 aromatic heterocycles. The van der Waals surface area contributed by atoms with Crippen molar-refractivity contribution in [2.45, 2.75) is 19.4 Å². The molecule has 0 unspecified atom stereocenters. The Morgan fingerprint density at radius 3 is 2.86 bits per heavy atom. The first-order valence-corrected chi connectivity index (χ1v) is 6.65. The van der Waals surface area contributed by atoms with E-state index in [4.69, 9.17) is 10.00 Å². The van der Waals surface area contributed by atoms with Crippen molar-refractivity contribution < 1.29 is 9.53 Å². The highest BCUT2D eigenvalue weighted by atomic mass is 16.5. The molecule has 1 aromatic carbocycles. The summed E-state index contributed by atoms with van der Waals surface area (Å²) < 4.78 is 6.94. The molecule has 6 heteroatoms. The minimum atomic E-state index is -0.0344. The first kappa shape index (κ1) is 14.6. The van der Waals surface area contributed by atoms with E-state index in [1.54, 1.807) is 35.1 Å². The minimum Gasteiger partial charge on any atom is -0.479 e. The topological polar surface area (TPSA) is 79.9 Å². The Labute approximate surface area is 123 Å². The summed E-state index contributed by atoms with van der Waals surface area (Å²) in [4.78, 5) is 11.8. The lowest BCUT2D eigenvalue weighted by molar-refractivity contribution is -0.116. The summed E-state index contributed by atoms with van der Waals surface area (Å²) in [6.07, 6.45) is 4.76. The SMILES string of the molecule is N#CCOc1ccc(NC(=O)CCCn2cccn2)cc1. The van der Waals surface area contributed by atoms with Crippen molar-refractivity contribution >= 4 is 11.6 Å². The molecule has 108 valence electrons. The van der Waals surface area contributed by atoms with Gasteiger partial charge in [0, 0.05) is 31.0 Å². The molecular formula is C15H16N4O2. The summed E-state index contributed by atoms with van der Waals surface area (Å²) >= 11 is 0. The second-order valence-corrected chi connectivity index (χ2v) is 4.39. The molecule has 0 fully saturated rings. The zero-order valence-electron chi connectivity index (χ0n) is 11.5. The minimum absolute atomic E-state index is 0.0130. The van der Waals surface area contributed by atoms with E-state index in [0.29, 0.717) is 17.9 Å². The van der Waals surface area contributed by atoms with E-state index in [1.807, 2.05) is 18.3 Å². The van der Waals surface area contributed by atoms with Crippen LogP contribution in [-0.4, -0.2) is 22.3 Å². The van der Waals surface area contributed by atoms with Gasteiger partial charge in [0.1, 0.15) is 11.8 Å². The smallest absolute Gasteiger partial charge is 0.224 e. The van der Waals surface area contributed by atoms with Crippen molar-refractivity contribution in [2.24, 2.45) is 0 Å². The molecule has 0 atom stereocenters. The van der Waals surface area contributed by atoms with E-state index >= 15 is 0 Å². The number of nitrogens with one attached hydrogen (secondary N) is 1. The number of rotatable bonds is 7. The highest BCUT2D eigenvalue weighted by molar-refractivity contribution is 5.90. The lowest BCUT2D eigenvalue weighted by Gasteiger charge is -2.07. The first-order chi connectivity index (χ1) is 10.3. The molecule has 2 rings (SSSR count). The number of hydrogen-bond donors (Lipinski definition) is 1. The lowest BCUT2D eigenvalue weighted by Crippen LogP contribution is -2.12. The Kier molecular flexibility index (Phi) is 5.35. The van der Waals surface area contributed by atoms with Gasteiger partial charge in [0.05, 0.1) is 0 Å². The second kappa shape index (κ2) is 7.70. The zero-order chi connectivity index (χ0) is 14.9. The van der Waals surface area contributed by atoms with Crippen molar-refractivity contribution in [3.05, 3.63) is 42.7 Å². The quantitative estimate of drug-likeness (QED) is 0.845. The molecule has 21 heavy (non-hydrogen) atoms. The molecule has 0 saturated carbocycles. The molecule has 1 N–H and O–H groups in total. The van der Waals surface area contributed by atoms with Crippen LogP contribution in [0.4, 0.5) is 5.69 Å². The Morgan fingerprint density at radius 2 is 2.19 bits per heavy atom. The van der Waals surface area contributed by atoms with E-state index in [0.717, 1.165) is 13.0 Å². The lowest BCUT2D eigenvalue weighted by atomic mass is 10.2. The highest BCUT2D eigenvalue weighted by Gasteiger charge is 2.03. The van der Waals surface area contributed by atoms with E-state index in [1.165, 1.54) is 0 Å². The van der Waals surface area contributed by atoms with Crippen LogP contribution in [0.25, 0.3) is 0 Å². The fourth-order valence-corrected chi connectivity index (χ4v) is 1.81. The van der Waals surface area contributed by atoms with Gasteiger partial charge in [-0.2, -0.15) is 10.4 Å². The Balaban J connectivity index is 1.73.